The van der Waals surface area contributed by atoms with E-state index < -0.39 is 12.0 Å². The van der Waals surface area contributed by atoms with Gasteiger partial charge in [0.05, 0.1) is 0 Å². The summed E-state index contributed by atoms with van der Waals surface area (Å²) in [6.45, 7) is 4.67. The zero-order valence-electron chi connectivity index (χ0n) is 10.2. The first-order valence-corrected chi connectivity index (χ1v) is 5.96. The highest BCUT2D eigenvalue weighted by atomic mass is 16.4. The van der Waals surface area contributed by atoms with Crippen molar-refractivity contribution in [2.75, 3.05) is 11.4 Å². The third kappa shape index (κ3) is 2.38. The Morgan fingerprint density at radius 2 is 2.35 bits per heavy atom. The minimum atomic E-state index is -0.767. The molecular formula is C12H17N3O2. The Bertz CT molecular complexity index is 434. The number of carboxylic acid groups (broad SMARTS) is 1. The van der Waals surface area contributed by atoms with E-state index in [4.69, 9.17) is 5.11 Å². The lowest BCUT2D eigenvalue weighted by Gasteiger charge is -2.23. The van der Waals surface area contributed by atoms with Gasteiger partial charge in [-0.2, -0.15) is 0 Å². The highest BCUT2D eigenvalue weighted by Gasteiger charge is 2.31. The maximum atomic E-state index is 11.1. The lowest BCUT2D eigenvalue weighted by atomic mass is 10.2. The van der Waals surface area contributed by atoms with Crippen LogP contribution >= 0.6 is 0 Å². The van der Waals surface area contributed by atoms with E-state index in [1.54, 1.807) is 0 Å². The first-order chi connectivity index (χ1) is 8.11. The molecule has 92 valence electrons. The molecule has 1 saturated heterocycles. The maximum absolute atomic E-state index is 11.1. The summed E-state index contributed by atoms with van der Waals surface area (Å²) in [5, 5.41) is 9.16. The second kappa shape index (κ2) is 4.69. The predicted molar refractivity (Wildman–Crippen MR) is 64.2 cm³/mol. The summed E-state index contributed by atoms with van der Waals surface area (Å²) in [6.07, 6.45) is 2.36. The Kier molecular flexibility index (Phi) is 3.26. The second-order valence-corrected chi connectivity index (χ2v) is 4.33. The van der Waals surface area contributed by atoms with Crippen LogP contribution in [0.1, 0.15) is 31.3 Å². The summed E-state index contributed by atoms with van der Waals surface area (Å²) in [5.41, 5.74) is 0.892. The fraction of sp³-hybridized carbons (Fsp3) is 0.583. The van der Waals surface area contributed by atoms with E-state index in [1.807, 2.05) is 24.8 Å². The predicted octanol–water partition coefficient (Wildman–Crippen LogP) is 1.40. The van der Waals surface area contributed by atoms with Gasteiger partial charge in [0.15, 0.2) is 0 Å². The quantitative estimate of drug-likeness (QED) is 0.857. The van der Waals surface area contributed by atoms with Crippen LogP contribution in [0.25, 0.3) is 0 Å². The fourth-order valence-corrected chi connectivity index (χ4v) is 2.22. The van der Waals surface area contributed by atoms with Crippen LogP contribution in [-0.4, -0.2) is 33.6 Å². The lowest BCUT2D eigenvalue weighted by Crippen LogP contribution is -2.36. The van der Waals surface area contributed by atoms with Gasteiger partial charge in [-0.1, -0.05) is 6.92 Å². The molecule has 5 heteroatoms. The van der Waals surface area contributed by atoms with Crippen molar-refractivity contribution in [3.8, 4) is 0 Å². The summed E-state index contributed by atoms with van der Waals surface area (Å²) in [6, 6.07) is 1.43. The Labute approximate surface area is 100 Å². The summed E-state index contributed by atoms with van der Waals surface area (Å²) in [7, 11) is 0. The van der Waals surface area contributed by atoms with Crippen LogP contribution in [0, 0.1) is 6.92 Å². The van der Waals surface area contributed by atoms with Crippen LogP contribution in [0.5, 0.6) is 0 Å². The fourth-order valence-electron chi connectivity index (χ4n) is 2.22. The third-order valence-electron chi connectivity index (χ3n) is 3.04. The van der Waals surface area contributed by atoms with E-state index in [0.29, 0.717) is 6.42 Å². The van der Waals surface area contributed by atoms with Crippen LogP contribution in [-0.2, 0) is 11.2 Å². The average Bonchev–Trinajstić information content (AvgIpc) is 2.77. The van der Waals surface area contributed by atoms with Gasteiger partial charge in [-0.05, 0) is 19.8 Å². The summed E-state index contributed by atoms with van der Waals surface area (Å²) >= 11 is 0. The summed E-state index contributed by atoms with van der Waals surface area (Å²) in [5.74, 6) is 0.757. The SMILES string of the molecule is CCc1nc(C)cc(N2CCCC2C(=O)O)n1. The average molecular weight is 235 g/mol. The van der Waals surface area contributed by atoms with Crippen molar-refractivity contribution in [3.63, 3.8) is 0 Å². The first kappa shape index (κ1) is 11.8. The van der Waals surface area contributed by atoms with E-state index in [9.17, 15) is 4.79 Å². The number of carbonyl (C=O) groups is 1. The van der Waals surface area contributed by atoms with Crippen LogP contribution in [0.4, 0.5) is 5.82 Å². The Hall–Kier alpha value is -1.65. The molecule has 1 fully saturated rings. The van der Waals surface area contributed by atoms with Crippen LogP contribution in [0.3, 0.4) is 0 Å². The van der Waals surface area contributed by atoms with Crippen molar-refractivity contribution in [2.24, 2.45) is 0 Å². The first-order valence-electron chi connectivity index (χ1n) is 5.96. The number of aryl methyl sites for hydroxylation is 2. The molecule has 0 spiro atoms. The normalized spacial score (nSPS) is 19.6. The van der Waals surface area contributed by atoms with Gasteiger partial charge in [0.1, 0.15) is 17.7 Å². The Morgan fingerprint density at radius 1 is 1.59 bits per heavy atom. The van der Waals surface area contributed by atoms with Gasteiger partial charge in [0.25, 0.3) is 0 Å². The summed E-state index contributed by atoms with van der Waals surface area (Å²) < 4.78 is 0. The molecule has 0 amide bonds. The standard InChI is InChI=1S/C12H17N3O2/c1-3-10-13-8(2)7-11(14-10)15-6-4-5-9(15)12(16)17/h7,9H,3-6H2,1-2H3,(H,16,17). The van der Waals surface area contributed by atoms with Gasteiger partial charge in [-0.3, -0.25) is 0 Å². The van der Waals surface area contributed by atoms with Crippen molar-refractivity contribution >= 4 is 11.8 Å². The minimum Gasteiger partial charge on any atom is -0.480 e. The summed E-state index contributed by atoms with van der Waals surface area (Å²) in [4.78, 5) is 21.7. The van der Waals surface area contributed by atoms with E-state index >= 15 is 0 Å². The maximum Gasteiger partial charge on any atom is 0.326 e. The minimum absolute atomic E-state index is 0.436. The van der Waals surface area contributed by atoms with Crippen LogP contribution in [0.15, 0.2) is 6.07 Å². The molecule has 1 atom stereocenters. The molecule has 17 heavy (non-hydrogen) atoms. The monoisotopic (exact) mass is 235 g/mol. The number of aromatic nitrogens is 2. The number of carboxylic acids is 1. The van der Waals surface area contributed by atoms with Crippen LogP contribution in [0.2, 0.25) is 0 Å². The van der Waals surface area contributed by atoms with Gasteiger partial charge < -0.3 is 10.0 Å². The molecule has 1 aliphatic heterocycles. The molecule has 1 aliphatic rings. The molecule has 5 nitrogen and oxygen atoms in total. The number of rotatable bonds is 3. The largest absolute Gasteiger partial charge is 0.480 e. The Morgan fingerprint density at radius 3 is 3.00 bits per heavy atom. The van der Waals surface area contributed by atoms with Gasteiger partial charge >= 0.3 is 5.97 Å². The molecule has 1 aromatic rings. The third-order valence-corrected chi connectivity index (χ3v) is 3.04. The molecule has 0 aromatic carbocycles. The molecule has 1 N–H and O–H groups in total. The lowest BCUT2D eigenvalue weighted by molar-refractivity contribution is -0.138. The Balaban J connectivity index is 2.32. The van der Waals surface area contributed by atoms with Crippen molar-refractivity contribution in [1.82, 2.24) is 9.97 Å². The topological polar surface area (TPSA) is 66.3 Å². The molecule has 2 rings (SSSR count). The smallest absolute Gasteiger partial charge is 0.326 e. The number of aliphatic carboxylic acids is 1. The van der Waals surface area contributed by atoms with Gasteiger partial charge in [-0.25, -0.2) is 14.8 Å². The van der Waals surface area contributed by atoms with E-state index in [1.165, 1.54) is 0 Å². The van der Waals surface area contributed by atoms with Gasteiger partial charge in [-0.15, -0.1) is 0 Å². The highest BCUT2D eigenvalue weighted by Crippen LogP contribution is 2.24. The zero-order chi connectivity index (χ0) is 12.4. The number of anilines is 1. The van der Waals surface area contributed by atoms with E-state index in [2.05, 4.69) is 9.97 Å². The molecular weight excluding hydrogens is 218 g/mol. The van der Waals surface area contributed by atoms with Gasteiger partial charge in [0.2, 0.25) is 0 Å². The van der Waals surface area contributed by atoms with Crippen molar-refractivity contribution in [1.29, 1.82) is 0 Å². The van der Waals surface area contributed by atoms with Crippen LogP contribution < -0.4 is 4.90 Å². The van der Waals surface area contributed by atoms with Crippen molar-refractivity contribution in [3.05, 3.63) is 17.6 Å². The molecule has 0 bridgehead atoms. The van der Waals surface area contributed by atoms with Crippen molar-refractivity contribution < 1.29 is 9.90 Å². The zero-order valence-corrected chi connectivity index (χ0v) is 10.2. The highest BCUT2D eigenvalue weighted by molar-refractivity contribution is 5.78. The molecule has 2 heterocycles. The van der Waals surface area contributed by atoms with E-state index in [0.717, 1.165) is 36.7 Å². The second-order valence-electron chi connectivity index (χ2n) is 4.33. The molecule has 0 radical (unpaired) electrons. The molecule has 1 unspecified atom stereocenters. The molecule has 0 aliphatic carbocycles. The molecule has 0 saturated carbocycles. The number of nitrogens with zero attached hydrogens (tertiary/aromatic N) is 3. The molecule has 1 aromatic heterocycles. The van der Waals surface area contributed by atoms with Crippen molar-refractivity contribution in [2.45, 2.75) is 39.2 Å². The number of hydrogen-bond acceptors (Lipinski definition) is 4. The number of hydrogen-bond donors (Lipinski definition) is 1. The van der Waals surface area contributed by atoms with Gasteiger partial charge in [0, 0.05) is 24.7 Å². The van der Waals surface area contributed by atoms with E-state index in [-0.39, 0.29) is 0 Å².